The molecule has 5 nitrogen and oxygen atoms in total. The second kappa shape index (κ2) is 9.96. The van der Waals surface area contributed by atoms with Crippen molar-refractivity contribution in [2.45, 2.75) is 13.5 Å². The number of halogens is 2. The quantitative estimate of drug-likeness (QED) is 0.372. The molecule has 0 aliphatic carbocycles. The van der Waals surface area contributed by atoms with Crippen LogP contribution in [0.3, 0.4) is 0 Å². The molecule has 0 spiro atoms. The predicted octanol–water partition coefficient (Wildman–Crippen LogP) is 6.04. The Labute approximate surface area is 179 Å². The van der Waals surface area contributed by atoms with Gasteiger partial charge in [-0.1, -0.05) is 71.7 Å². The molecule has 2 amide bonds. The third-order valence-electron chi connectivity index (χ3n) is 4.02. The van der Waals surface area contributed by atoms with Gasteiger partial charge in [0.05, 0.1) is 16.3 Å². The summed E-state index contributed by atoms with van der Waals surface area (Å²) in [6.45, 7) is 2.26. The largest absolute Gasteiger partial charge is 0.486 e. The Balaban J connectivity index is 1.59. The first-order valence-corrected chi connectivity index (χ1v) is 9.60. The van der Waals surface area contributed by atoms with Gasteiger partial charge in [-0.3, -0.25) is 0 Å². The van der Waals surface area contributed by atoms with E-state index in [4.69, 9.17) is 27.9 Å². The van der Waals surface area contributed by atoms with Crippen molar-refractivity contribution in [2.24, 2.45) is 5.10 Å². The fourth-order valence-corrected chi connectivity index (χ4v) is 3.16. The number of amides is 2. The van der Waals surface area contributed by atoms with Crippen LogP contribution in [0.1, 0.15) is 16.7 Å². The van der Waals surface area contributed by atoms with Gasteiger partial charge in [0.2, 0.25) is 0 Å². The van der Waals surface area contributed by atoms with Crippen molar-refractivity contribution >= 4 is 41.1 Å². The molecule has 3 aromatic rings. The molecule has 0 fully saturated rings. The molecule has 3 aromatic carbocycles. The van der Waals surface area contributed by atoms with Crippen LogP contribution in [-0.4, -0.2) is 12.2 Å². The van der Waals surface area contributed by atoms with Crippen LogP contribution in [0.25, 0.3) is 0 Å². The van der Waals surface area contributed by atoms with Gasteiger partial charge in [0.1, 0.15) is 6.61 Å². The van der Waals surface area contributed by atoms with Gasteiger partial charge in [-0.25, -0.2) is 10.2 Å². The van der Waals surface area contributed by atoms with Gasteiger partial charge in [0, 0.05) is 5.69 Å². The highest BCUT2D eigenvalue weighted by molar-refractivity contribution is 6.37. The summed E-state index contributed by atoms with van der Waals surface area (Å²) in [6, 6.07) is 20.1. The van der Waals surface area contributed by atoms with Gasteiger partial charge >= 0.3 is 6.03 Å². The minimum absolute atomic E-state index is 0.356. The fourth-order valence-electron chi connectivity index (χ4n) is 2.55. The Bertz CT molecular complexity index is 1000. The number of nitrogens with one attached hydrogen (secondary N) is 2. The summed E-state index contributed by atoms with van der Waals surface area (Å²) in [5.41, 5.74) is 5.71. The highest BCUT2D eigenvalue weighted by Gasteiger charge is 2.10. The number of aryl methyl sites for hydroxylation is 1. The molecule has 0 saturated heterocycles. The van der Waals surface area contributed by atoms with Gasteiger partial charge < -0.3 is 10.1 Å². The molecule has 0 radical (unpaired) electrons. The van der Waals surface area contributed by atoms with E-state index in [1.165, 1.54) is 6.21 Å². The summed E-state index contributed by atoms with van der Waals surface area (Å²) in [5, 5.41) is 7.37. The van der Waals surface area contributed by atoms with Crippen molar-refractivity contribution < 1.29 is 9.53 Å². The van der Waals surface area contributed by atoms with Crippen molar-refractivity contribution in [3.05, 3.63) is 93.5 Å². The number of anilines is 1. The van der Waals surface area contributed by atoms with Crippen LogP contribution in [0.2, 0.25) is 10.0 Å². The fraction of sp³-hybridized carbons (Fsp3) is 0.0909. The first-order chi connectivity index (χ1) is 14.0. The molecular formula is C22H19Cl2N3O2. The molecule has 29 heavy (non-hydrogen) atoms. The predicted molar refractivity (Wildman–Crippen MR) is 118 cm³/mol. The topological polar surface area (TPSA) is 62.7 Å². The van der Waals surface area contributed by atoms with Crippen molar-refractivity contribution in [2.75, 3.05) is 5.32 Å². The second-order valence-electron chi connectivity index (χ2n) is 6.23. The van der Waals surface area contributed by atoms with Crippen LogP contribution in [0.5, 0.6) is 5.75 Å². The molecule has 3 rings (SSSR count). The average Bonchev–Trinajstić information content (AvgIpc) is 2.70. The Hall–Kier alpha value is -3.02. The molecule has 0 aliphatic rings. The molecule has 7 heteroatoms. The number of rotatable bonds is 6. The molecule has 148 valence electrons. The van der Waals surface area contributed by atoms with Crippen molar-refractivity contribution in [3.8, 4) is 5.75 Å². The van der Waals surface area contributed by atoms with E-state index >= 15 is 0 Å². The lowest BCUT2D eigenvalue weighted by Crippen LogP contribution is -2.24. The molecule has 0 bridgehead atoms. The number of benzene rings is 3. The van der Waals surface area contributed by atoms with Gasteiger partial charge in [-0.05, 0) is 41.8 Å². The smallest absolute Gasteiger partial charge is 0.339 e. The van der Waals surface area contributed by atoms with E-state index in [9.17, 15) is 4.79 Å². The number of urea groups is 1. The number of carbonyl (C=O) groups excluding carboxylic acids is 1. The third kappa shape index (κ3) is 5.98. The lowest BCUT2D eigenvalue weighted by atomic mass is 10.2. The summed E-state index contributed by atoms with van der Waals surface area (Å²) in [6.07, 6.45) is 1.45. The number of carbonyl (C=O) groups is 1. The molecule has 0 aromatic heterocycles. The van der Waals surface area contributed by atoms with E-state index in [0.29, 0.717) is 33.7 Å². The molecule has 0 saturated carbocycles. The van der Waals surface area contributed by atoms with Crippen molar-refractivity contribution in [1.29, 1.82) is 0 Å². The van der Waals surface area contributed by atoms with Crippen LogP contribution in [0.4, 0.5) is 10.5 Å². The first-order valence-electron chi connectivity index (χ1n) is 8.84. The van der Waals surface area contributed by atoms with E-state index in [1.807, 2.05) is 61.5 Å². The molecule has 0 atom stereocenters. The lowest BCUT2D eigenvalue weighted by molar-refractivity contribution is 0.252. The Morgan fingerprint density at radius 1 is 1.03 bits per heavy atom. The highest BCUT2D eigenvalue weighted by Crippen LogP contribution is 2.34. The van der Waals surface area contributed by atoms with E-state index in [1.54, 1.807) is 12.1 Å². The maximum atomic E-state index is 12.0. The van der Waals surface area contributed by atoms with Gasteiger partial charge in [0.15, 0.2) is 5.75 Å². The van der Waals surface area contributed by atoms with E-state index in [0.717, 1.165) is 11.1 Å². The van der Waals surface area contributed by atoms with Gasteiger partial charge in [0.25, 0.3) is 0 Å². The van der Waals surface area contributed by atoms with Gasteiger partial charge in [-0.2, -0.15) is 5.10 Å². The summed E-state index contributed by atoms with van der Waals surface area (Å²) in [4.78, 5) is 12.0. The SMILES string of the molecule is Cc1ccccc1NC(=O)NN=Cc1cc(Cl)c(OCc2ccccc2)c(Cl)c1. The van der Waals surface area contributed by atoms with Crippen LogP contribution in [0, 0.1) is 6.92 Å². The summed E-state index contributed by atoms with van der Waals surface area (Å²) < 4.78 is 5.74. The minimum Gasteiger partial charge on any atom is -0.486 e. The standard InChI is InChI=1S/C22H19Cl2N3O2/c1-15-7-5-6-10-20(15)26-22(28)27-25-13-17-11-18(23)21(19(24)12-17)29-14-16-8-3-2-4-9-16/h2-13H,14H2,1H3,(H2,26,27,28). The lowest BCUT2D eigenvalue weighted by Gasteiger charge is -2.11. The average molecular weight is 428 g/mol. The Morgan fingerprint density at radius 2 is 1.69 bits per heavy atom. The van der Waals surface area contributed by atoms with E-state index in [-0.39, 0.29) is 0 Å². The number of ether oxygens (including phenoxy) is 1. The van der Waals surface area contributed by atoms with Crippen LogP contribution < -0.4 is 15.5 Å². The highest BCUT2D eigenvalue weighted by atomic mass is 35.5. The maximum absolute atomic E-state index is 12.0. The van der Waals surface area contributed by atoms with Crippen molar-refractivity contribution in [1.82, 2.24) is 5.43 Å². The van der Waals surface area contributed by atoms with E-state index < -0.39 is 6.03 Å². The monoisotopic (exact) mass is 427 g/mol. The normalized spacial score (nSPS) is 10.7. The minimum atomic E-state index is -0.449. The van der Waals surface area contributed by atoms with Crippen LogP contribution >= 0.6 is 23.2 Å². The molecule has 0 heterocycles. The number of para-hydroxylation sites is 1. The number of hydrazone groups is 1. The molecule has 0 unspecified atom stereocenters. The molecular weight excluding hydrogens is 409 g/mol. The van der Waals surface area contributed by atoms with Crippen LogP contribution in [0.15, 0.2) is 71.8 Å². The number of hydrogen-bond donors (Lipinski definition) is 2. The maximum Gasteiger partial charge on any atom is 0.339 e. The Morgan fingerprint density at radius 3 is 2.38 bits per heavy atom. The van der Waals surface area contributed by atoms with Crippen molar-refractivity contribution in [3.63, 3.8) is 0 Å². The molecule has 2 N–H and O–H groups in total. The summed E-state index contributed by atoms with van der Waals surface area (Å²) >= 11 is 12.6. The summed E-state index contributed by atoms with van der Waals surface area (Å²) in [7, 11) is 0. The third-order valence-corrected chi connectivity index (χ3v) is 4.58. The Kier molecular flexibility index (Phi) is 7.11. The zero-order valence-corrected chi connectivity index (χ0v) is 17.2. The van der Waals surface area contributed by atoms with Crippen LogP contribution in [-0.2, 0) is 6.61 Å². The number of nitrogens with zero attached hydrogens (tertiary/aromatic N) is 1. The zero-order chi connectivity index (χ0) is 20.6. The first kappa shape index (κ1) is 20.7. The van der Waals surface area contributed by atoms with Gasteiger partial charge in [-0.15, -0.1) is 0 Å². The summed E-state index contributed by atoms with van der Waals surface area (Å²) in [5.74, 6) is 0.402. The second-order valence-corrected chi connectivity index (χ2v) is 7.04. The number of hydrogen-bond acceptors (Lipinski definition) is 3. The molecule has 0 aliphatic heterocycles. The van der Waals surface area contributed by atoms with E-state index in [2.05, 4.69) is 15.8 Å². The zero-order valence-electron chi connectivity index (χ0n) is 15.7.